The number of nitrogens with one attached hydrogen (secondary N) is 2. The molecule has 29 heavy (non-hydrogen) atoms. The van der Waals surface area contributed by atoms with Gasteiger partial charge in [0.25, 0.3) is 0 Å². The van der Waals surface area contributed by atoms with Gasteiger partial charge in [0, 0.05) is 19.1 Å². The fourth-order valence-electron chi connectivity index (χ4n) is 4.14. The lowest BCUT2D eigenvalue weighted by molar-refractivity contribution is -0.136. The fourth-order valence-corrected chi connectivity index (χ4v) is 4.14. The van der Waals surface area contributed by atoms with E-state index in [1.165, 1.54) is 18.6 Å². The molecule has 2 fully saturated rings. The van der Waals surface area contributed by atoms with Crippen LogP contribution in [0.3, 0.4) is 0 Å². The highest BCUT2D eigenvalue weighted by Crippen LogP contribution is 2.19. The average molecular weight is 403 g/mol. The summed E-state index contributed by atoms with van der Waals surface area (Å²) >= 11 is 0. The van der Waals surface area contributed by atoms with Crippen molar-refractivity contribution in [1.82, 2.24) is 15.5 Å². The topological polar surface area (TPSA) is 78.5 Å². The van der Waals surface area contributed by atoms with Gasteiger partial charge < -0.3 is 15.5 Å². The van der Waals surface area contributed by atoms with Crippen LogP contribution in [0.1, 0.15) is 50.5 Å². The second-order valence-electron chi connectivity index (χ2n) is 8.10. The first-order chi connectivity index (χ1) is 14.0. The number of hydrogen-bond acceptors (Lipinski definition) is 3. The summed E-state index contributed by atoms with van der Waals surface area (Å²) in [5.74, 6) is -1.02. The minimum atomic E-state index is -0.330. The maximum atomic E-state index is 13.0. The van der Waals surface area contributed by atoms with E-state index in [0.29, 0.717) is 19.5 Å². The molecule has 158 valence electrons. The minimum Gasteiger partial charge on any atom is -0.352 e. The molecule has 1 aliphatic heterocycles. The standard InChI is InChI=1S/C22H30FN3O3/c23-18-10-8-16(9-11-18)13-21(28)26-12-4-5-17(15-26)22(29)24-14-20(27)25-19-6-2-1-3-7-19/h8-11,17,19H,1-7,12-15H2,(H,24,29)(H,25,27). The molecule has 0 radical (unpaired) electrons. The highest BCUT2D eigenvalue weighted by Gasteiger charge is 2.28. The molecule has 1 unspecified atom stereocenters. The zero-order valence-corrected chi connectivity index (χ0v) is 16.8. The molecule has 1 aromatic rings. The number of nitrogens with zero attached hydrogens (tertiary/aromatic N) is 1. The molecule has 3 amide bonds. The maximum absolute atomic E-state index is 13.0. The summed E-state index contributed by atoms with van der Waals surface area (Å²) in [6, 6.07) is 6.11. The third-order valence-electron chi connectivity index (χ3n) is 5.81. The van der Waals surface area contributed by atoms with Crippen LogP contribution in [0.2, 0.25) is 0 Å². The first kappa shape index (κ1) is 21.3. The van der Waals surface area contributed by atoms with Crippen LogP contribution in [0.25, 0.3) is 0 Å². The van der Waals surface area contributed by atoms with Crippen LogP contribution in [-0.4, -0.2) is 48.3 Å². The van der Waals surface area contributed by atoms with Crippen LogP contribution >= 0.6 is 0 Å². The van der Waals surface area contributed by atoms with Crippen molar-refractivity contribution in [2.24, 2.45) is 5.92 Å². The lowest BCUT2D eigenvalue weighted by atomic mass is 9.95. The highest BCUT2D eigenvalue weighted by atomic mass is 19.1. The SMILES string of the molecule is O=C(CNC(=O)C1CCCN(C(=O)Cc2ccc(F)cc2)C1)NC1CCCCC1. The Labute approximate surface area is 171 Å². The van der Waals surface area contributed by atoms with Gasteiger partial charge in [-0.25, -0.2) is 4.39 Å². The third kappa shape index (κ3) is 6.54. The number of halogens is 1. The molecule has 1 aromatic carbocycles. The van der Waals surface area contributed by atoms with Crippen molar-refractivity contribution >= 4 is 17.7 Å². The van der Waals surface area contributed by atoms with E-state index in [2.05, 4.69) is 10.6 Å². The normalized spacial score (nSPS) is 20.2. The van der Waals surface area contributed by atoms with Gasteiger partial charge in [0.2, 0.25) is 17.7 Å². The van der Waals surface area contributed by atoms with Gasteiger partial charge in [0.1, 0.15) is 5.82 Å². The molecule has 6 nitrogen and oxygen atoms in total. The van der Waals surface area contributed by atoms with E-state index in [1.807, 2.05) is 0 Å². The van der Waals surface area contributed by atoms with E-state index in [4.69, 9.17) is 0 Å². The zero-order valence-electron chi connectivity index (χ0n) is 16.8. The predicted molar refractivity (Wildman–Crippen MR) is 107 cm³/mol. The molecule has 0 bridgehead atoms. The van der Waals surface area contributed by atoms with Gasteiger partial charge in [-0.3, -0.25) is 14.4 Å². The van der Waals surface area contributed by atoms with E-state index in [1.54, 1.807) is 17.0 Å². The van der Waals surface area contributed by atoms with Gasteiger partial charge in [0.15, 0.2) is 0 Å². The molecule has 0 spiro atoms. The van der Waals surface area contributed by atoms with Crippen molar-refractivity contribution in [1.29, 1.82) is 0 Å². The third-order valence-corrected chi connectivity index (χ3v) is 5.81. The van der Waals surface area contributed by atoms with Crippen molar-refractivity contribution in [3.63, 3.8) is 0 Å². The van der Waals surface area contributed by atoms with E-state index in [0.717, 1.165) is 37.7 Å². The largest absolute Gasteiger partial charge is 0.352 e. The summed E-state index contributed by atoms with van der Waals surface area (Å²) in [6.45, 7) is 0.956. The van der Waals surface area contributed by atoms with Gasteiger partial charge in [-0.2, -0.15) is 0 Å². The molecule has 1 saturated carbocycles. The first-order valence-corrected chi connectivity index (χ1v) is 10.6. The Bertz CT molecular complexity index is 717. The number of carbonyl (C=O) groups excluding carboxylic acids is 3. The Hall–Kier alpha value is -2.44. The van der Waals surface area contributed by atoms with Gasteiger partial charge in [0.05, 0.1) is 18.9 Å². The average Bonchev–Trinajstić information content (AvgIpc) is 2.74. The van der Waals surface area contributed by atoms with E-state index in [9.17, 15) is 18.8 Å². The zero-order chi connectivity index (χ0) is 20.6. The van der Waals surface area contributed by atoms with Crippen molar-refractivity contribution in [2.75, 3.05) is 19.6 Å². The highest BCUT2D eigenvalue weighted by molar-refractivity contribution is 5.86. The molecular weight excluding hydrogens is 373 g/mol. The number of benzene rings is 1. The summed E-state index contributed by atoms with van der Waals surface area (Å²) in [6.07, 6.45) is 7.17. The van der Waals surface area contributed by atoms with E-state index < -0.39 is 0 Å². The molecule has 3 rings (SSSR count). The number of likely N-dealkylation sites (tertiary alicyclic amines) is 1. The Balaban J connectivity index is 1.42. The Kier molecular flexibility index (Phi) is 7.61. The lowest BCUT2D eigenvalue weighted by Crippen LogP contribution is -2.48. The van der Waals surface area contributed by atoms with Crippen LogP contribution in [0.5, 0.6) is 0 Å². The Morgan fingerprint density at radius 2 is 1.72 bits per heavy atom. The van der Waals surface area contributed by atoms with Crippen LogP contribution in [0.4, 0.5) is 4.39 Å². The van der Waals surface area contributed by atoms with Crippen molar-refractivity contribution < 1.29 is 18.8 Å². The molecule has 1 heterocycles. The number of amides is 3. The maximum Gasteiger partial charge on any atom is 0.239 e. The van der Waals surface area contributed by atoms with Gasteiger partial charge in [-0.15, -0.1) is 0 Å². The molecule has 1 aliphatic carbocycles. The number of hydrogen-bond donors (Lipinski definition) is 2. The molecule has 2 N–H and O–H groups in total. The smallest absolute Gasteiger partial charge is 0.239 e. The Morgan fingerprint density at radius 1 is 1.00 bits per heavy atom. The van der Waals surface area contributed by atoms with Crippen LogP contribution in [-0.2, 0) is 20.8 Å². The molecule has 2 aliphatic rings. The predicted octanol–water partition coefficient (Wildman–Crippen LogP) is 2.17. The number of carbonyl (C=O) groups is 3. The van der Waals surface area contributed by atoms with E-state index >= 15 is 0 Å². The van der Waals surface area contributed by atoms with Gasteiger partial charge in [-0.05, 0) is 43.4 Å². The quantitative estimate of drug-likeness (QED) is 0.764. The second-order valence-corrected chi connectivity index (χ2v) is 8.10. The van der Waals surface area contributed by atoms with Crippen molar-refractivity contribution in [3.05, 3.63) is 35.6 Å². The van der Waals surface area contributed by atoms with Crippen molar-refractivity contribution in [3.8, 4) is 0 Å². The fraction of sp³-hybridized carbons (Fsp3) is 0.591. The Morgan fingerprint density at radius 3 is 2.45 bits per heavy atom. The molecule has 0 aromatic heterocycles. The molecule has 1 saturated heterocycles. The summed E-state index contributed by atoms with van der Waals surface area (Å²) < 4.78 is 13.0. The van der Waals surface area contributed by atoms with Gasteiger partial charge >= 0.3 is 0 Å². The second kappa shape index (κ2) is 10.4. The molecule has 7 heteroatoms. The monoisotopic (exact) mass is 403 g/mol. The summed E-state index contributed by atoms with van der Waals surface area (Å²) in [4.78, 5) is 38.8. The van der Waals surface area contributed by atoms with Gasteiger partial charge in [-0.1, -0.05) is 31.4 Å². The van der Waals surface area contributed by atoms with E-state index in [-0.39, 0.29) is 48.5 Å². The summed E-state index contributed by atoms with van der Waals surface area (Å²) in [5.41, 5.74) is 0.752. The van der Waals surface area contributed by atoms with Crippen molar-refractivity contribution in [2.45, 2.75) is 57.4 Å². The number of piperidine rings is 1. The number of rotatable bonds is 6. The van der Waals surface area contributed by atoms with Crippen LogP contribution in [0, 0.1) is 11.7 Å². The summed E-state index contributed by atoms with van der Waals surface area (Å²) in [7, 11) is 0. The first-order valence-electron chi connectivity index (χ1n) is 10.6. The lowest BCUT2D eigenvalue weighted by Gasteiger charge is -2.32. The van der Waals surface area contributed by atoms with Crippen LogP contribution in [0.15, 0.2) is 24.3 Å². The van der Waals surface area contributed by atoms with Crippen LogP contribution < -0.4 is 10.6 Å². The minimum absolute atomic E-state index is 0.0185. The molecular formula is C22H30FN3O3. The molecule has 1 atom stereocenters. The summed E-state index contributed by atoms with van der Waals surface area (Å²) in [5, 5.41) is 5.72.